The number of amides is 2. The normalized spacial score (nSPS) is 14.1. The highest BCUT2D eigenvalue weighted by atomic mass is 16.5. The predicted octanol–water partition coefficient (Wildman–Crippen LogP) is 2.69. The van der Waals surface area contributed by atoms with Crippen LogP contribution in [0.3, 0.4) is 0 Å². The smallest absolute Gasteiger partial charge is 0.322 e. The van der Waals surface area contributed by atoms with Crippen LogP contribution in [-0.2, 0) is 0 Å². The number of nitrogens with one attached hydrogen (secondary N) is 1. The van der Waals surface area contributed by atoms with Crippen molar-refractivity contribution in [3.63, 3.8) is 0 Å². The Labute approximate surface area is 135 Å². The molecule has 2 aromatic rings. The van der Waals surface area contributed by atoms with Crippen LogP contribution in [0.5, 0.6) is 11.6 Å². The molecule has 0 unspecified atom stereocenters. The van der Waals surface area contributed by atoms with Gasteiger partial charge in [-0.15, -0.1) is 0 Å². The van der Waals surface area contributed by atoms with Gasteiger partial charge in [-0.25, -0.2) is 9.78 Å². The summed E-state index contributed by atoms with van der Waals surface area (Å²) in [5.41, 5.74) is 1.62. The molecule has 1 N–H and O–H groups in total. The van der Waals surface area contributed by atoms with Crippen molar-refractivity contribution in [3.8, 4) is 11.6 Å². The van der Waals surface area contributed by atoms with Crippen LogP contribution < -0.4 is 14.8 Å². The van der Waals surface area contributed by atoms with Crippen molar-refractivity contribution in [2.45, 2.75) is 13.0 Å². The van der Waals surface area contributed by atoms with Crippen LogP contribution in [0.4, 0.5) is 10.5 Å². The van der Waals surface area contributed by atoms with E-state index in [4.69, 9.17) is 9.47 Å². The Morgan fingerprint density at radius 1 is 1.26 bits per heavy atom. The molecular formula is C17H19N3O3. The van der Waals surface area contributed by atoms with E-state index in [9.17, 15) is 4.79 Å². The van der Waals surface area contributed by atoms with Crippen molar-refractivity contribution >= 4 is 11.7 Å². The lowest BCUT2D eigenvalue weighted by Crippen LogP contribution is -2.57. The third-order valence-electron chi connectivity index (χ3n) is 3.61. The van der Waals surface area contributed by atoms with E-state index in [1.165, 1.54) is 0 Å². The summed E-state index contributed by atoms with van der Waals surface area (Å²) >= 11 is 0. The minimum Gasteiger partial charge on any atom is -0.497 e. The number of anilines is 1. The van der Waals surface area contributed by atoms with Gasteiger partial charge in [-0.1, -0.05) is 12.1 Å². The maximum atomic E-state index is 12.1. The molecule has 0 saturated carbocycles. The van der Waals surface area contributed by atoms with Crippen LogP contribution in [0, 0.1) is 6.92 Å². The Kier molecular flexibility index (Phi) is 4.32. The second-order valence-electron chi connectivity index (χ2n) is 5.42. The van der Waals surface area contributed by atoms with Gasteiger partial charge in [0.05, 0.1) is 20.2 Å². The van der Waals surface area contributed by atoms with Crippen molar-refractivity contribution in [1.29, 1.82) is 0 Å². The zero-order valence-corrected chi connectivity index (χ0v) is 13.2. The van der Waals surface area contributed by atoms with E-state index in [2.05, 4.69) is 10.3 Å². The van der Waals surface area contributed by atoms with Crippen LogP contribution in [0.25, 0.3) is 0 Å². The Morgan fingerprint density at radius 2 is 2.04 bits per heavy atom. The van der Waals surface area contributed by atoms with Crippen molar-refractivity contribution in [3.05, 3.63) is 48.2 Å². The lowest BCUT2D eigenvalue weighted by molar-refractivity contribution is 0.0460. The molecule has 1 fully saturated rings. The number of hydrogen-bond acceptors (Lipinski definition) is 4. The molecule has 1 aliphatic heterocycles. The topological polar surface area (TPSA) is 63.7 Å². The Hall–Kier alpha value is -2.76. The molecule has 1 aromatic heterocycles. The molecule has 0 aliphatic carbocycles. The van der Waals surface area contributed by atoms with E-state index < -0.39 is 0 Å². The predicted molar refractivity (Wildman–Crippen MR) is 87.0 cm³/mol. The number of aromatic nitrogens is 1. The van der Waals surface area contributed by atoms with E-state index >= 15 is 0 Å². The molecule has 6 nitrogen and oxygen atoms in total. The molecule has 23 heavy (non-hydrogen) atoms. The highest BCUT2D eigenvalue weighted by Crippen LogP contribution is 2.20. The number of likely N-dealkylation sites (tertiary alicyclic amines) is 1. The average molecular weight is 313 g/mol. The summed E-state index contributed by atoms with van der Waals surface area (Å²) in [6.07, 6.45) is -0.0136. The maximum Gasteiger partial charge on any atom is 0.322 e. The first kappa shape index (κ1) is 15.1. The summed E-state index contributed by atoms with van der Waals surface area (Å²) < 4.78 is 10.9. The number of rotatable bonds is 4. The second-order valence-corrected chi connectivity index (χ2v) is 5.42. The van der Waals surface area contributed by atoms with Crippen LogP contribution >= 0.6 is 0 Å². The molecule has 1 saturated heterocycles. The number of benzene rings is 1. The summed E-state index contributed by atoms with van der Waals surface area (Å²) in [7, 11) is 1.59. The number of hydrogen-bond donors (Lipinski definition) is 1. The van der Waals surface area contributed by atoms with Gasteiger partial charge in [-0.05, 0) is 25.1 Å². The molecule has 6 heteroatoms. The summed E-state index contributed by atoms with van der Waals surface area (Å²) in [4.78, 5) is 18.1. The van der Waals surface area contributed by atoms with Crippen molar-refractivity contribution < 1.29 is 14.3 Å². The molecule has 1 aliphatic rings. The Morgan fingerprint density at radius 3 is 2.78 bits per heavy atom. The minimum absolute atomic E-state index is 0.0136. The molecule has 1 aromatic carbocycles. The molecule has 0 spiro atoms. The van der Waals surface area contributed by atoms with E-state index in [0.29, 0.717) is 30.4 Å². The van der Waals surface area contributed by atoms with E-state index in [0.717, 1.165) is 5.69 Å². The molecule has 120 valence electrons. The first-order valence-corrected chi connectivity index (χ1v) is 7.44. The van der Waals surface area contributed by atoms with Crippen molar-refractivity contribution in [2.24, 2.45) is 0 Å². The molecule has 3 rings (SSSR count). The summed E-state index contributed by atoms with van der Waals surface area (Å²) in [6, 6.07) is 12.8. The zero-order valence-electron chi connectivity index (χ0n) is 13.2. The minimum atomic E-state index is -0.143. The van der Waals surface area contributed by atoms with Crippen LogP contribution in [0.15, 0.2) is 42.5 Å². The van der Waals surface area contributed by atoms with Gasteiger partial charge in [0.25, 0.3) is 0 Å². The number of carbonyl (C=O) groups excluding carboxylic acids is 1. The fourth-order valence-electron chi connectivity index (χ4n) is 2.34. The lowest BCUT2D eigenvalue weighted by Gasteiger charge is -2.38. The summed E-state index contributed by atoms with van der Waals surface area (Å²) in [6.45, 7) is 3.01. The zero-order chi connectivity index (χ0) is 16.2. The number of ether oxygens (including phenoxy) is 2. The van der Waals surface area contributed by atoms with Gasteiger partial charge < -0.3 is 19.7 Å². The third-order valence-corrected chi connectivity index (χ3v) is 3.61. The highest BCUT2D eigenvalue weighted by molar-refractivity contribution is 5.90. The second kappa shape index (κ2) is 6.56. The monoisotopic (exact) mass is 313 g/mol. The Bertz CT molecular complexity index is 699. The molecule has 0 atom stereocenters. The standard InChI is InChI=1S/C17H19N3O3/c1-12-5-3-8-16(18-12)23-15-10-20(11-15)17(21)19-13-6-4-7-14(9-13)22-2/h3-9,15H,10-11H2,1-2H3,(H,19,21). The van der Waals surface area contributed by atoms with Crippen LogP contribution in [0.1, 0.15) is 5.69 Å². The van der Waals surface area contributed by atoms with E-state index in [-0.39, 0.29) is 12.1 Å². The van der Waals surface area contributed by atoms with Crippen LogP contribution in [0.2, 0.25) is 0 Å². The van der Waals surface area contributed by atoms with E-state index in [1.807, 2.05) is 43.3 Å². The number of urea groups is 1. The fourth-order valence-corrected chi connectivity index (χ4v) is 2.34. The number of pyridine rings is 1. The highest BCUT2D eigenvalue weighted by Gasteiger charge is 2.32. The Balaban J connectivity index is 1.49. The maximum absolute atomic E-state index is 12.1. The average Bonchev–Trinajstić information content (AvgIpc) is 2.50. The third kappa shape index (κ3) is 3.71. The quantitative estimate of drug-likeness (QED) is 0.942. The lowest BCUT2D eigenvalue weighted by atomic mass is 10.2. The summed E-state index contributed by atoms with van der Waals surface area (Å²) in [5.74, 6) is 1.31. The largest absolute Gasteiger partial charge is 0.497 e. The summed E-state index contributed by atoms with van der Waals surface area (Å²) in [5, 5.41) is 2.85. The molecule has 0 bridgehead atoms. The molecule has 0 radical (unpaired) electrons. The number of carbonyl (C=O) groups is 1. The van der Waals surface area contributed by atoms with Gasteiger partial charge in [-0.3, -0.25) is 0 Å². The number of nitrogens with zero attached hydrogens (tertiary/aromatic N) is 2. The van der Waals surface area contributed by atoms with E-state index in [1.54, 1.807) is 18.1 Å². The number of aryl methyl sites for hydroxylation is 1. The molecular weight excluding hydrogens is 294 g/mol. The fraction of sp³-hybridized carbons (Fsp3) is 0.294. The van der Waals surface area contributed by atoms with Gasteiger partial charge in [0, 0.05) is 23.5 Å². The van der Waals surface area contributed by atoms with Gasteiger partial charge >= 0.3 is 6.03 Å². The molecule has 2 heterocycles. The first-order valence-electron chi connectivity index (χ1n) is 7.44. The van der Waals surface area contributed by atoms with Crippen LogP contribution in [-0.4, -0.2) is 42.2 Å². The van der Waals surface area contributed by atoms with Gasteiger partial charge in [0.1, 0.15) is 11.9 Å². The van der Waals surface area contributed by atoms with Crippen molar-refractivity contribution in [1.82, 2.24) is 9.88 Å². The first-order chi connectivity index (χ1) is 11.1. The van der Waals surface area contributed by atoms with Gasteiger partial charge in [0.15, 0.2) is 0 Å². The van der Waals surface area contributed by atoms with Crippen molar-refractivity contribution in [2.75, 3.05) is 25.5 Å². The SMILES string of the molecule is COc1cccc(NC(=O)N2CC(Oc3cccc(C)n3)C2)c1. The van der Waals surface area contributed by atoms with Gasteiger partial charge in [-0.2, -0.15) is 0 Å². The molecule has 2 amide bonds. The van der Waals surface area contributed by atoms with Gasteiger partial charge in [0.2, 0.25) is 5.88 Å². The number of methoxy groups -OCH3 is 1.